The van der Waals surface area contributed by atoms with Crippen molar-refractivity contribution in [3.8, 4) is 0 Å². The molecule has 2 aromatic heterocycles. The highest BCUT2D eigenvalue weighted by Gasteiger charge is 2.16. The topological polar surface area (TPSA) is 30.7 Å². The minimum Gasteiger partial charge on any atom is -0.320 e. The van der Waals surface area contributed by atoms with Crippen LogP contribution < -0.4 is 0 Å². The monoisotopic (exact) mass is 349 g/mol. The first-order chi connectivity index (χ1) is 9.70. The summed E-state index contributed by atoms with van der Waals surface area (Å²) in [6, 6.07) is 10.3. The lowest BCUT2D eigenvalue weighted by atomic mass is 10.1. The number of hydrogen-bond acceptors (Lipinski definition) is 2. The van der Waals surface area contributed by atoms with Crippen LogP contribution in [0.15, 0.2) is 47.2 Å². The lowest BCUT2D eigenvalue weighted by molar-refractivity contribution is 0.631. The molecule has 0 saturated heterocycles. The van der Waals surface area contributed by atoms with Gasteiger partial charge in [-0.15, -0.1) is 11.6 Å². The summed E-state index contributed by atoms with van der Waals surface area (Å²) in [5.74, 6) is 1.26. The summed E-state index contributed by atoms with van der Waals surface area (Å²) in [6.45, 7) is 2.14. The van der Waals surface area contributed by atoms with Crippen molar-refractivity contribution >= 4 is 38.6 Å². The average molecular weight is 351 g/mol. The number of alkyl halides is 1. The Kier molecular flexibility index (Phi) is 3.76. The van der Waals surface area contributed by atoms with Crippen molar-refractivity contribution in [2.24, 2.45) is 0 Å². The number of fused-ring (bicyclic) bond motifs is 1. The van der Waals surface area contributed by atoms with Crippen LogP contribution in [-0.4, -0.2) is 14.5 Å². The van der Waals surface area contributed by atoms with E-state index in [2.05, 4.69) is 49.5 Å². The molecule has 0 aliphatic rings. The van der Waals surface area contributed by atoms with E-state index in [0.29, 0.717) is 5.88 Å². The van der Waals surface area contributed by atoms with E-state index in [1.54, 1.807) is 6.20 Å². The summed E-state index contributed by atoms with van der Waals surface area (Å²) in [5.41, 5.74) is 3.17. The van der Waals surface area contributed by atoms with Crippen LogP contribution >= 0.6 is 27.5 Å². The van der Waals surface area contributed by atoms with Gasteiger partial charge in [-0.1, -0.05) is 22.0 Å². The summed E-state index contributed by atoms with van der Waals surface area (Å²) in [4.78, 5) is 8.81. The maximum absolute atomic E-state index is 6.06. The highest BCUT2D eigenvalue weighted by Crippen LogP contribution is 2.28. The Bertz CT molecular complexity index is 739. The van der Waals surface area contributed by atoms with E-state index in [9.17, 15) is 0 Å². The minimum absolute atomic E-state index is 0.142. The van der Waals surface area contributed by atoms with E-state index < -0.39 is 0 Å². The van der Waals surface area contributed by atoms with E-state index >= 15 is 0 Å². The van der Waals surface area contributed by atoms with Gasteiger partial charge in [0.25, 0.3) is 0 Å². The number of imidazole rings is 1. The normalized spacial score (nSPS) is 12.8. The van der Waals surface area contributed by atoms with Gasteiger partial charge in [0.1, 0.15) is 5.82 Å². The van der Waals surface area contributed by atoms with Crippen molar-refractivity contribution in [2.75, 3.05) is 0 Å². The second-order valence-electron chi connectivity index (χ2n) is 4.63. The summed E-state index contributed by atoms with van der Waals surface area (Å²) >= 11 is 9.54. The van der Waals surface area contributed by atoms with Crippen molar-refractivity contribution in [3.05, 3.63) is 58.6 Å². The van der Waals surface area contributed by atoms with E-state index in [1.165, 1.54) is 0 Å². The second kappa shape index (κ2) is 5.54. The molecule has 0 N–H and O–H groups in total. The third-order valence-corrected chi connectivity index (χ3v) is 4.13. The summed E-state index contributed by atoms with van der Waals surface area (Å²) in [6.07, 6.45) is 3.66. The van der Waals surface area contributed by atoms with Crippen molar-refractivity contribution in [2.45, 2.75) is 18.8 Å². The molecular formula is C15H13BrClN3. The molecule has 0 fully saturated rings. The number of hydrogen-bond donors (Lipinski definition) is 0. The lowest BCUT2D eigenvalue weighted by Gasteiger charge is -2.17. The molecule has 0 aliphatic heterocycles. The van der Waals surface area contributed by atoms with Crippen LogP contribution in [0.5, 0.6) is 0 Å². The maximum atomic E-state index is 6.06. The van der Waals surface area contributed by atoms with Gasteiger partial charge >= 0.3 is 0 Å². The molecule has 3 aromatic rings. The van der Waals surface area contributed by atoms with Gasteiger partial charge < -0.3 is 4.57 Å². The summed E-state index contributed by atoms with van der Waals surface area (Å²) in [7, 11) is 0. The lowest BCUT2D eigenvalue weighted by Crippen LogP contribution is -2.10. The fraction of sp³-hybridized carbons (Fsp3) is 0.200. The zero-order valence-electron chi connectivity index (χ0n) is 10.9. The van der Waals surface area contributed by atoms with Gasteiger partial charge in [-0.05, 0) is 36.8 Å². The van der Waals surface area contributed by atoms with Crippen LogP contribution in [0.25, 0.3) is 11.0 Å². The molecule has 2 heterocycles. The van der Waals surface area contributed by atoms with Gasteiger partial charge in [0.05, 0.1) is 23.0 Å². The van der Waals surface area contributed by atoms with Crippen LogP contribution in [0.4, 0.5) is 0 Å². The molecule has 0 radical (unpaired) electrons. The molecular weight excluding hydrogens is 338 g/mol. The molecule has 1 aromatic carbocycles. The molecule has 20 heavy (non-hydrogen) atoms. The molecule has 102 valence electrons. The van der Waals surface area contributed by atoms with E-state index in [4.69, 9.17) is 11.6 Å². The molecule has 0 aliphatic carbocycles. The first-order valence-electron chi connectivity index (χ1n) is 6.33. The minimum atomic E-state index is 0.142. The van der Waals surface area contributed by atoms with E-state index in [0.717, 1.165) is 26.9 Å². The fourth-order valence-electron chi connectivity index (χ4n) is 2.42. The number of benzene rings is 1. The van der Waals surface area contributed by atoms with Gasteiger partial charge in [-0.2, -0.15) is 0 Å². The number of halogens is 2. The van der Waals surface area contributed by atoms with Crippen molar-refractivity contribution < 1.29 is 0 Å². The maximum Gasteiger partial charge on any atom is 0.125 e. The Morgan fingerprint density at radius 3 is 2.90 bits per heavy atom. The van der Waals surface area contributed by atoms with Gasteiger partial charge in [-0.3, -0.25) is 4.98 Å². The number of rotatable bonds is 3. The Morgan fingerprint density at radius 1 is 1.35 bits per heavy atom. The molecule has 1 atom stereocenters. The zero-order chi connectivity index (χ0) is 14.1. The summed E-state index contributed by atoms with van der Waals surface area (Å²) in [5, 5.41) is 0. The molecule has 0 saturated carbocycles. The molecule has 3 nitrogen and oxygen atoms in total. The Hall–Kier alpha value is -1.39. The molecule has 5 heteroatoms. The zero-order valence-corrected chi connectivity index (χ0v) is 13.3. The van der Waals surface area contributed by atoms with Crippen LogP contribution in [0, 0.1) is 0 Å². The quantitative estimate of drug-likeness (QED) is 0.649. The largest absolute Gasteiger partial charge is 0.320 e. The Labute approximate surface area is 130 Å². The van der Waals surface area contributed by atoms with E-state index in [1.807, 2.05) is 24.4 Å². The van der Waals surface area contributed by atoms with Gasteiger partial charge in [-0.25, -0.2) is 4.98 Å². The SMILES string of the molecule is CC(c1cccnc1)n1c(CCl)nc2cc(Br)ccc21. The Balaban J connectivity index is 2.19. The van der Waals surface area contributed by atoms with Gasteiger partial charge in [0.15, 0.2) is 0 Å². The highest BCUT2D eigenvalue weighted by molar-refractivity contribution is 9.10. The molecule has 0 amide bonds. The first-order valence-corrected chi connectivity index (χ1v) is 7.65. The Morgan fingerprint density at radius 2 is 2.20 bits per heavy atom. The molecule has 0 spiro atoms. The van der Waals surface area contributed by atoms with Crippen molar-refractivity contribution in [1.29, 1.82) is 0 Å². The number of nitrogens with zero attached hydrogens (tertiary/aromatic N) is 3. The third-order valence-electron chi connectivity index (χ3n) is 3.40. The number of aromatic nitrogens is 3. The van der Waals surface area contributed by atoms with Crippen LogP contribution in [-0.2, 0) is 5.88 Å². The van der Waals surface area contributed by atoms with Gasteiger partial charge in [0.2, 0.25) is 0 Å². The standard InChI is InChI=1S/C15H13BrClN3/c1-10(11-3-2-6-18-9-11)20-14-5-4-12(16)7-13(14)19-15(20)8-17/h2-7,9-10H,8H2,1H3. The van der Waals surface area contributed by atoms with Crippen LogP contribution in [0.3, 0.4) is 0 Å². The van der Waals surface area contributed by atoms with Crippen molar-refractivity contribution in [3.63, 3.8) is 0 Å². The number of pyridine rings is 1. The van der Waals surface area contributed by atoms with E-state index in [-0.39, 0.29) is 6.04 Å². The molecule has 3 rings (SSSR count). The predicted octanol–water partition coefficient (Wildman–Crippen LogP) is 4.54. The predicted molar refractivity (Wildman–Crippen MR) is 85.0 cm³/mol. The third kappa shape index (κ3) is 2.34. The molecule has 1 unspecified atom stereocenters. The highest BCUT2D eigenvalue weighted by atomic mass is 79.9. The van der Waals surface area contributed by atoms with Crippen molar-refractivity contribution in [1.82, 2.24) is 14.5 Å². The van der Waals surface area contributed by atoms with Gasteiger partial charge in [0, 0.05) is 16.9 Å². The average Bonchev–Trinajstić information content (AvgIpc) is 2.84. The van der Waals surface area contributed by atoms with Crippen LogP contribution in [0.1, 0.15) is 24.4 Å². The van der Waals surface area contributed by atoms with Crippen LogP contribution in [0.2, 0.25) is 0 Å². The first kappa shape index (κ1) is 13.6. The fourth-order valence-corrected chi connectivity index (χ4v) is 2.96. The molecule has 0 bridgehead atoms. The summed E-state index contributed by atoms with van der Waals surface area (Å²) < 4.78 is 3.19. The smallest absolute Gasteiger partial charge is 0.125 e. The second-order valence-corrected chi connectivity index (χ2v) is 5.81.